The number of hydrogen-bond acceptors (Lipinski definition) is 6. The highest BCUT2D eigenvalue weighted by molar-refractivity contribution is 6.30. The van der Waals surface area contributed by atoms with Gasteiger partial charge in [0, 0.05) is 56.3 Å². The Hall–Kier alpha value is -3.62. The SMILES string of the molecule is COCCCN(C=O)c1cc(Oc2ccc3c(c2)nc(Nc2ccc(Cl)cc2)n3C)ccn1. The van der Waals surface area contributed by atoms with Gasteiger partial charge in [-0.3, -0.25) is 9.69 Å². The minimum absolute atomic E-state index is 0.511. The van der Waals surface area contributed by atoms with Crippen LogP contribution in [0, 0.1) is 0 Å². The number of rotatable bonds is 10. The molecule has 4 aromatic rings. The number of imidazole rings is 1. The third-order valence-electron chi connectivity index (χ3n) is 5.07. The molecule has 0 saturated heterocycles. The van der Waals surface area contributed by atoms with Gasteiger partial charge in [0.25, 0.3) is 0 Å². The predicted octanol–water partition coefficient (Wildman–Crippen LogP) is 5.16. The molecule has 4 rings (SSSR count). The van der Waals surface area contributed by atoms with E-state index in [1.165, 1.54) is 4.90 Å². The normalized spacial score (nSPS) is 10.9. The number of carbonyl (C=O) groups is 1. The fraction of sp³-hybridized carbons (Fsp3) is 0.208. The van der Waals surface area contributed by atoms with Gasteiger partial charge in [-0.05, 0) is 48.9 Å². The number of anilines is 3. The summed E-state index contributed by atoms with van der Waals surface area (Å²) in [6, 6.07) is 16.6. The molecular weight excluding hydrogens is 442 g/mol. The molecule has 33 heavy (non-hydrogen) atoms. The van der Waals surface area contributed by atoms with Gasteiger partial charge in [0.2, 0.25) is 12.4 Å². The number of methoxy groups -OCH3 is 1. The molecule has 0 fully saturated rings. The number of carbonyl (C=O) groups excluding carboxylic acids is 1. The lowest BCUT2D eigenvalue weighted by atomic mass is 10.3. The average molecular weight is 466 g/mol. The number of pyridine rings is 1. The number of ether oxygens (including phenoxy) is 2. The van der Waals surface area contributed by atoms with E-state index in [-0.39, 0.29) is 0 Å². The van der Waals surface area contributed by atoms with Crippen molar-refractivity contribution in [2.45, 2.75) is 6.42 Å². The molecule has 0 spiro atoms. The molecule has 170 valence electrons. The minimum Gasteiger partial charge on any atom is -0.457 e. The first kappa shape index (κ1) is 22.6. The number of fused-ring (bicyclic) bond motifs is 1. The number of nitrogens with zero attached hydrogens (tertiary/aromatic N) is 4. The van der Waals surface area contributed by atoms with E-state index < -0.39 is 0 Å². The van der Waals surface area contributed by atoms with Crippen LogP contribution in [0.3, 0.4) is 0 Å². The van der Waals surface area contributed by atoms with Gasteiger partial charge in [0.15, 0.2) is 0 Å². The van der Waals surface area contributed by atoms with Crippen molar-refractivity contribution in [1.29, 1.82) is 0 Å². The Morgan fingerprint density at radius 2 is 1.91 bits per heavy atom. The van der Waals surface area contributed by atoms with Crippen molar-refractivity contribution >= 4 is 46.5 Å². The summed E-state index contributed by atoms with van der Waals surface area (Å²) in [5, 5.41) is 3.98. The summed E-state index contributed by atoms with van der Waals surface area (Å²) in [4.78, 5) is 22.0. The quantitative estimate of drug-likeness (QED) is 0.257. The number of halogens is 1. The number of hydrogen-bond donors (Lipinski definition) is 1. The first-order valence-corrected chi connectivity index (χ1v) is 10.8. The molecule has 0 bridgehead atoms. The summed E-state index contributed by atoms with van der Waals surface area (Å²) >= 11 is 5.97. The van der Waals surface area contributed by atoms with Gasteiger partial charge in [-0.2, -0.15) is 0 Å². The second kappa shape index (κ2) is 10.3. The van der Waals surface area contributed by atoms with Gasteiger partial charge < -0.3 is 19.4 Å². The third-order valence-corrected chi connectivity index (χ3v) is 5.33. The Morgan fingerprint density at radius 1 is 1.12 bits per heavy atom. The summed E-state index contributed by atoms with van der Waals surface area (Å²) in [6.07, 6.45) is 3.09. The molecule has 1 amide bonds. The largest absolute Gasteiger partial charge is 0.457 e. The fourth-order valence-corrected chi connectivity index (χ4v) is 3.50. The summed E-state index contributed by atoms with van der Waals surface area (Å²) in [5.41, 5.74) is 2.64. The minimum atomic E-state index is 0.511. The smallest absolute Gasteiger partial charge is 0.215 e. The third kappa shape index (κ3) is 5.42. The maximum absolute atomic E-state index is 11.5. The highest BCUT2D eigenvalue weighted by Crippen LogP contribution is 2.29. The van der Waals surface area contributed by atoms with E-state index in [0.717, 1.165) is 23.1 Å². The molecule has 2 aromatic heterocycles. The summed E-state index contributed by atoms with van der Waals surface area (Å²) in [7, 11) is 3.58. The molecular formula is C24H24ClN5O3. The standard InChI is InChI=1S/C24H24ClN5O3/c1-29-22-9-8-19(14-21(22)28-24(29)27-18-6-4-17(25)5-7-18)33-20-10-11-26-23(15-20)30(16-31)12-3-13-32-2/h4-11,14-16H,3,12-13H2,1-2H3,(H,27,28). The van der Waals surface area contributed by atoms with E-state index in [1.54, 1.807) is 25.4 Å². The number of amides is 1. The van der Waals surface area contributed by atoms with Crippen molar-refractivity contribution in [3.8, 4) is 11.5 Å². The van der Waals surface area contributed by atoms with E-state index in [2.05, 4.69) is 10.3 Å². The second-order valence-corrected chi connectivity index (χ2v) is 7.81. The molecule has 0 atom stereocenters. The van der Waals surface area contributed by atoms with Crippen LogP contribution in [0.4, 0.5) is 17.5 Å². The zero-order valence-corrected chi connectivity index (χ0v) is 19.1. The van der Waals surface area contributed by atoms with E-state index in [9.17, 15) is 4.79 Å². The van der Waals surface area contributed by atoms with E-state index in [4.69, 9.17) is 26.1 Å². The lowest BCUT2D eigenvalue weighted by Gasteiger charge is -2.16. The van der Waals surface area contributed by atoms with E-state index >= 15 is 0 Å². The van der Waals surface area contributed by atoms with Crippen LogP contribution < -0.4 is 15.0 Å². The molecule has 0 aliphatic carbocycles. The van der Waals surface area contributed by atoms with Crippen molar-refractivity contribution in [3.63, 3.8) is 0 Å². The summed E-state index contributed by atoms with van der Waals surface area (Å²) in [5.74, 6) is 2.43. The van der Waals surface area contributed by atoms with Crippen molar-refractivity contribution in [1.82, 2.24) is 14.5 Å². The van der Waals surface area contributed by atoms with Crippen LogP contribution in [0.2, 0.25) is 5.02 Å². The summed E-state index contributed by atoms with van der Waals surface area (Å²) in [6.45, 7) is 1.08. The molecule has 0 radical (unpaired) electrons. The van der Waals surface area contributed by atoms with Gasteiger partial charge in [0.1, 0.15) is 17.3 Å². The monoisotopic (exact) mass is 465 g/mol. The maximum Gasteiger partial charge on any atom is 0.215 e. The van der Waals surface area contributed by atoms with Gasteiger partial charge in [-0.1, -0.05) is 11.6 Å². The molecule has 0 aliphatic heterocycles. The molecule has 8 nitrogen and oxygen atoms in total. The van der Waals surface area contributed by atoms with Crippen LogP contribution in [-0.2, 0) is 16.6 Å². The van der Waals surface area contributed by atoms with E-state index in [1.807, 2.05) is 54.1 Å². The number of aryl methyl sites for hydroxylation is 1. The van der Waals surface area contributed by atoms with Crippen LogP contribution in [0.1, 0.15) is 6.42 Å². The second-order valence-electron chi connectivity index (χ2n) is 7.37. The highest BCUT2D eigenvalue weighted by atomic mass is 35.5. The lowest BCUT2D eigenvalue weighted by molar-refractivity contribution is -0.107. The van der Waals surface area contributed by atoms with Crippen LogP contribution >= 0.6 is 11.6 Å². The fourth-order valence-electron chi connectivity index (χ4n) is 3.37. The van der Waals surface area contributed by atoms with Crippen LogP contribution in [0.15, 0.2) is 60.8 Å². The molecule has 2 heterocycles. The Labute approximate surface area is 196 Å². The molecule has 0 aliphatic rings. The van der Waals surface area contributed by atoms with Gasteiger partial charge in [-0.25, -0.2) is 9.97 Å². The predicted molar refractivity (Wildman–Crippen MR) is 130 cm³/mol. The Kier molecular flexibility index (Phi) is 7.07. The van der Waals surface area contributed by atoms with Gasteiger partial charge in [0.05, 0.1) is 11.0 Å². The Morgan fingerprint density at radius 3 is 2.67 bits per heavy atom. The summed E-state index contributed by atoms with van der Waals surface area (Å²) < 4.78 is 13.1. The van der Waals surface area contributed by atoms with Crippen molar-refractivity contribution in [2.75, 3.05) is 30.5 Å². The lowest BCUT2D eigenvalue weighted by Crippen LogP contribution is -2.24. The van der Waals surface area contributed by atoms with Gasteiger partial charge in [-0.15, -0.1) is 0 Å². The molecule has 2 aromatic carbocycles. The van der Waals surface area contributed by atoms with Crippen molar-refractivity contribution in [3.05, 3.63) is 65.8 Å². The molecule has 0 unspecified atom stereocenters. The van der Waals surface area contributed by atoms with Crippen LogP contribution in [0.5, 0.6) is 11.5 Å². The van der Waals surface area contributed by atoms with E-state index in [0.29, 0.717) is 47.9 Å². The average Bonchev–Trinajstić information content (AvgIpc) is 3.13. The Bertz CT molecular complexity index is 1240. The van der Waals surface area contributed by atoms with Crippen molar-refractivity contribution < 1.29 is 14.3 Å². The molecule has 9 heteroatoms. The highest BCUT2D eigenvalue weighted by Gasteiger charge is 2.11. The number of nitrogens with one attached hydrogen (secondary N) is 1. The topological polar surface area (TPSA) is 81.5 Å². The molecule has 0 saturated carbocycles. The zero-order chi connectivity index (χ0) is 23.2. The first-order valence-electron chi connectivity index (χ1n) is 10.4. The number of aromatic nitrogens is 3. The first-order chi connectivity index (χ1) is 16.1. The Balaban J connectivity index is 1.52. The van der Waals surface area contributed by atoms with Crippen LogP contribution in [-0.4, -0.2) is 41.2 Å². The van der Waals surface area contributed by atoms with Crippen LogP contribution in [0.25, 0.3) is 11.0 Å². The maximum atomic E-state index is 11.5. The number of benzene rings is 2. The molecule has 1 N–H and O–H groups in total. The zero-order valence-electron chi connectivity index (χ0n) is 18.4. The van der Waals surface area contributed by atoms with Gasteiger partial charge >= 0.3 is 0 Å². The van der Waals surface area contributed by atoms with Crippen molar-refractivity contribution in [2.24, 2.45) is 7.05 Å².